The second-order valence-corrected chi connectivity index (χ2v) is 5.70. The molecule has 0 heterocycles. The smallest absolute Gasteiger partial charge is 0.165 e. The van der Waals surface area contributed by atoms with Crippen LogP contribution >= 0.6 is 15.9 Å². The highest BCUT2D eigenvalue weighted by molar-refractivity contribution is 9.10. The van der Waals surface area contributed by atoms with E-state index < -0.39 is 5.82 Å². The lowest BCUT2D eigenvalue weighted by atomic mass is 10.1. The van der Waals surface area contributed by atoms with Crippen molar-refractivity contribution in [3.63, 3.8) is 0 Å². The molecular formula is C16H16BrF2NO. The normalized spacial score (nSPS) is 12.1. The summed E-state index contributed by atoms with van der Waals surface area (Å²) in [5.74, 6) is -0.485. The molecule has 1 atom stereocenters. The van der Waals surface area contributed by atoms with E-state index in [1.165, 1.54) is 19.2 Å². The average Bonchev–Trinajstić information content (AvgIpc) is 2.45. The van der Waals surface area contributed by atoms with Gasteiger partial charge in [0, 0.05) is 11.7 Å². The molecule has 0 spiro atoms. The van der Waals surface area contributed by atoms with Crippen molar-refractivity contribution < 1.29 is 13.5 Å². The van der Waals surface area contributed by atoms with Crippen molar-refractivity contribution >= 4 is 21.6 Å². The van der Waals surface area contributed by atoms with Gasteiger partial charge in [0.15, 0.2) is 11.6 Å². The van der Waals surface area contributed by atoms with Crippen LogP contribution < -0.4 is 10.1 Å². The van der Waals surface area contributed by atoms with Gasteiger partial charge in [-0.25, -0.2) is 8.78 Å². The lowest BCUT2D eigenvalue weighted by Crippen LogP contribution is -2.08. The first-order valence-corrected chi connectivity index (χ1v) is 7.27. The summed E-state index contributed by atoms with van der Waals surface area (Å²) >= 11 is 3.17. The van der Waals surface area contributed by atoms with Crippen LogP contribution in [0, 0.1) is 18.6 Å². The minimum Gasteiger partial charge on any atom is -0.494 e. The Morgan fingerprint density at radius 3 is 2.52 bits per heavy atom. The number of nitrogens with one attached hydrogen (secondary N) is 1. The van der Waals surface area contributed by atoms with Gasteiger partial charge in [0.25, 0.3) is 0 Å². The van der Waals surface area contributed by atoms with Gasteiger partial charge in [-0.2, -0.15) is 0 Å². The topological polar surface area (TPSA) is 21.3 Å². The minimum absolute atomic E-state index is 0.0736. The average molecular weight is 356 g/mol. The van der Waals surface area contributed by atoms with Crippen LogP contribution in [0.25, 0.3) is 0 Å². The quantitative estimate of drug-likeness (QED) is 0.811. The number of hydrogen-bond donors (Lipinski definition) is 1. The number of aryl methyl sites for hydroxylation is 1. The maximum Gasteiger partial charge on any atom is 0.165 e. The fourth-order valence-corrected chi connectivity index (χ4v) is 2.41. The van der Waals surface area contributed by atoms with Crippen molar-refractivity contribution in [2.24, 2.45) is 0 Å². The van der Waals surface area contributed by atoms with Crippen molar-refractivity contribution in [3.05, 3.63) is 57.6 Å². The van der Waals surface area contributed by atoms with Crippen LogP contribution in [-0.4, -0.2) is 7.11 Å². The molecule has 0 aromatic heterocycles. The van der Waals surface area contributed by atoms with Gasteiger partial charge in [0.05, 0.1) is 11.6 Å². The molecule has 2 nitrogen and oxygen atoms in total. The highest BCUT2D eigenvalue weighted by atomic mass is 79.9. The number of benzene rings is 2. The predicted octanol–water partition coefficient (Wildman–Crippen LogP) is 5.22. The van der Waals surface area contributed by atoms with Gasteiger partial charge in [0.2, 0.25) is 0 Å². The number of halogens is 3. The zero-order valence-corrected chi connectivity index (χ0v) is 13.6. The SMILES string of the molecule is COc1cc(C(C)Nc2cc(Br)c(F)cc2C)ccc1F. The summed E-state index contributed by atoms with van der Waals surface area (Å²) in [6.07, 6.45) is 0. The van der Waals surface area contributed by atoms with Crippen LogP contribution in [-0.2, 0) is 0 Å². The second-order valence-electron chi connectivity index (χ2n) is 4.84. The van der Waals surface area contributed by atoms with E-state index in [-0.39, 0.29) is 17.6 Å². The Bertz CT molecular complexity index is 661. The third-order valence-corrected chi connectivity index (χ3v) is 3.92. The van der Waals surface area contributed by atoms with E-state index in [9.17, 15) is 8.78 Å². The van der Waals surface area contributed by atoms with Gasteiger partial charge in [-0.3, -0.25) is 0 Å². The Hall–Kier alpha value is -1.62. The molecule has 0 saturated carbocycles. The first-order chi connectivity index (χ1) is 9.92. The Morgan fingerprint density at radius 1 is 1.14 bits per heavy atom. The van der Waals surface area contributed by atoms with Gasteiger partial charge in [-0.15, -0.1) is 0 Å². The molecule has 1 N–H and O–H groups in total. The standard InChI is InChI=1S/C16H16BrF2NO/c1-9-6-14(19)12(17)8-15(9)20-10(2)11-4-5-13(18)16(7-11)21-3/h4-8,10,20H,1-3H3. The largest absolute Gasteiger partial charge is 0.494 e. The van der Waals surface area contributed by atoms with Crippen molar-refractivity contribution in [2.75, 3.05) is 12.4 Å². The highest BCUT2D eigenvalue weighted by Gasteiger charge is 2.12. The maximum absolute atomic E-state index is 13.4. The lowest BCUT2D eigenvalue weighted by molar-refractivity contribution is 0.385. The molecule has 0 bridgehead atoms. The van der Waals surface area contributed by atoms with Crippen molar-refractivity contribution in [1.82, 2.24) is 0 Å². The molecule has 0 aliphatic rings. The monoisotopic (exact) mass is 355 g/mol. The van der Waals surface area contributed by atoms with Gasteiger partial charge in [0.1, 0.15) is 5.82 Å². The molecule has 0 saturated heterocycles. The second kappa shape index (κ2) is 6.43. The molecule has 5 heteroatoms. The highest BCUT2D eigenvalue weighted by Crippen LogP contribution is 2.29. The lowest BCUT2D eigenvalue weighted by Gasteiger charge is -2.18. The van der Waals surface area contributed by atoms with E-state index in [2.05, 4.69) is 21.2 Å². The molecule has 2 rings (SSSR count). The van der Waals surface area contributed by atoms with Gasteiger partial charge >= 0.3 is 0 Å². The zero-order valence-electron chi connectivity index (χ0n) is 12.0. The first kappa shape index (κ1) is 15.8. The van der Waals surface area contributed by atoms with Crippen LogP contribution in [0.2, 0.25) is 0 Å². The van der Waals surface area contributed by atoms with Gasteiger partial charge < -0.3 is 10.1 Å². The fraction of sp³-hybridized carbons (Fsp3) is 0.250. The van der Waals surface area contributed by atoms with E-state index in [0.717, 1.165) is 16.8 Å². The molecule has 0 fully saturated rings. The summed E-state index contributed by atoms with van der Waals surface area (Å²) in [6, 6.07) is 7.81. The van der Waals surface area contributed by atoms with Crippen molar-refractivity contribution in [2.45, 2.75) is 19.9 Å². The number of ether oxygens (including phenoxy) is 1. The molecule has 0 aliphatic carbocycles. The van der Waals surface area contributed by atoms with Crippen LogP contribution in [0.3, 0.4) is 0 Å². The predicted molar refractivity (Wildman–Crippen MR) is 83.8 cm³/mol. The molecule has 2 aromatic carbocycles. The number of hydrogen-bond acceptors (Lipinski definition) is 2. The summed E-state index contributed by atoms with van der Waals surface area (Å²) in [6.45, 7) is 3.78. The van der Waals surface area contributed by atoms with E-state index in [1.807, 2.05) is 13.8 Å². The summed E-state index contributed by atoms with van der Waals surface area (Å²) in [4.78, 5) is 0. The summed E-state index contributed by atoms with van der Waals surface area (Å²) < 4.78 is 32.2. The molecule has 1 unspecified atom stereocenters. The summed E-state index contributed by atoms with van der Waals surface area (Å²) in [5.41, 5.74) is 2.50. The third kappa shape index (κ3) is 3.53. The van der Waals surface area contributed by atoms with Crippen LogP contribution in [0.4, 0.5) is 14.5 Å². The Labute approximate surface area is 131 Å². The van der Waals surface area contributed by atoms with Crippen molar-refractivity contribution in [3.8, 4) is 5.75 Å². The maximum atomic E-state index is 13.4. The number of methoxy groups -OCH3 is 1. The molecule has 0 amide bonds. The number of rotatable bonds is 4. The van der Waals surface area contributed by atoms with Crippen LogP contribution in [0.5, 0.6) is 5.75 Å². The molecule has 0 radical (unpaired) electrons. The van der Waals surface area contributed by atoms with E-state index in [1.54, 1.807) is 18.2 Å². The Balaban J connectivity index is 2.25. The van der Waals surface area contributed by atoms with Crippen molar-refractivity contribution in [1.29, 1.82) is 0 Å². The molecular weight excluding hydrogens is 340 g/mol. The Kier molecular flexibility index (Phi) is 4.83. The fourth-order valence-electron chi connectivity index (χ4n) is 2.06. The van der Waals surface area contributed by atoms with E-state index in [4.69, 9.17) is 4.74 Å². The van der Waals surface area contributed by atoms with E-state index in [0.29, 0.717) is 4.47 Å². The molecule has 0 aliphatic heterocycles. The zero-order chi connectivity index (χ0) is 15.6. The summed E-state index contributed by atoms with van der Waals surface area (Å²) in [7, 11) is 1.43. The van der Waals surface area contributed by atoms with E-state index >= 15 is 0 Å². The van der Waals surface area contributed by atoms with Crippen LogP contribution in [0.1, 0.15) is 24.1 Å². The van der Waals surface area contributed by atoms with Crippen LogP contribution in [0.15, 0.2) is 34.8 Å². The van der Waals surface area contributed by atoms with Gasteiger partial charge in [-0.1, -0.05) is 6.07 Å². The summed E-state index contributed by atoms with van der Waals surface area (Å²) in [5, 5.41) is 3.29. The number of anilines is 1. The minimum atomic E-state index is -0.394. The first-order valence-electron chi connectivity index (χ1n) is 6.48. The molecule has 2 aromatic rings. The third-order valence-electron chi connectivity index (χ3n) is 3.31. The Morgan fingerprint density at radius 2 is 1.86 bits per heavy atom. The molecule has 21 heavy (non-hydrogen) atoms. The molecule has 112 valence electrons. The van der Waals surface area contributed by atoms with Gasteiger partial charge in [-0.05, 0) is 65.2 Å².